The fourth-order valence-corrected chi connectivity index (χ4v) is 1.95. The van der Waals surface area contributed by atoms with Crippen molar-refractivity contribution < 1.29 is 4.39 Å². The van der Waals surface area contributed by atoms with Crippen molar-refractivity contribution in [2.75, 3.05) is 19.6 Å². The Bertz CT molecular complexity index is 331. The molecule has 0 spiro atoms. The Morgan fingerprint density at radius 3 is 2.71 bits per heavy atom. The fraction of sp³-hybridized carbons (Fsp3) is 0.538. The zero-order valence-electron chi connectivity index (χ0n) is 10.2. The molecule has 4 heteroatoms. The summed E-state index contributed by atoms with van der Waals surface area (Å²) in [4.78, 5) is 0. The van der Waals surface area contributed by atoms with Gasteiger partial charge < -0.3 is 10.6 Å². The van der Waals surface area contributed by atoms with Crippen LogP contribution >= 0.6 is 15.9 Å². The lowest BCUT2D eigenvalue weighted by atomic mass is 10.2. The SMILES string of the molecule is CCCNCCCNCc1cccc(F)c1Br. The van der Waals surface area contributed by atoms with Crippen LogP contribution in [0, 0.1) is 5.82 Å². The molecule has 0 atom stereocenters. The molecule has 1 aromatic rings. The van der Waals surface area contributed by atoms with Crippen LogP contribution in [0.5, 0.6) is 0 Å². The molecule has 96 valence electrons. The molecule has 17 heavy (non-hydrogen) atoms. The average Bonchev–Trinajstić information content (AvgIpc) is 2.33. The van der Waals surface area contributed by atoms with E-state index >= 15 is 0 Å². The molecule has 0 aliphatic rings. The highest BCUT2D eigenvalue weighted by Crippen LogP contribution is 2.19. The van der Waals surface area contributed by atoms with Crippen LogP contribution in [0.15, 0.2) is 22.7 Å². The van der Waals surface area contributed by atoms with E-state index in [0.29, 0.717) is 11.0 Å². The van der Waals surface area contributed by atoms with Crippen LogP contribution in [0.2, 0.25) is 0 Å². The van der Waals surface area contributed by atoms with Gasteiger partial charge in [-0.25, -0.2) is 4.39 Å². The van der Waals surface area contributed by atoms with Gasteiger partial charge in [-0.15, -0.1) is 0 Å². The van der Waals surface area contributed by atoms with Gasteiger partial charge in [-0.2, -0.15) is 0 Å². The van der Waals surface area contributed by atoms with Crippen LogP contribution in [0.25, 0.3) is 0 Å². The first kappa shape index (κ1) is 14.6. The first-order valence-electron chi connectivity index (χ1n) is 6.10. The highest BCUT2D eigenvalue weighted by atomic mass is 79.9. The molecule has 0 saturated carbocycles. The van der Waals surface area contributed by atoms with Crippen molar-refractivity contribution in [1.29, 1.82) is 0 Å². The monoisotopic (exact) mass is 302 g/mol. The molecular formula is C13H20BrFN2. The fourth-order valence-electron chi connectivity index (χ4n) is 1.55. The number of benzene rings is 1. The molecule has 0 aliphatic heterocycles. The molecule has 1 rings (SSSR count). The highest BCUT2D eigenvalue weighted by Gasteiger charge is 2.03. The van der Waals surface area contributed by atoms with Gasteiger partial charge in [0.25, 0.3) is 0 Å². The molecule has 0 fully saturated rings. The second-order valence-electron chi connectivity index (χ2n) is 3.99. The van der Waals surface area contributed by atoms with Gasteiger partial charge in [0, 0.05) is 6.54 Å². The molecule has 0 saturated heterocycles. The third-order valence-corrected chi connectivity index (χ3v) is 3.37. The molecule has 0 aromatic heterocycles. The minimum atomic E-state index is -0.200. The van der Waals surface area contributed by atoms with E-state index < -0.39 is 0 Å². The van der Waals surface area contributed by atoms with Gasteiger partial charge in [-0.3, -0.25) is 0 Å². The normalized spacial score (nSPS) is 10.8. The van der Waals surface area contributed by atoms with Crippen molar-refractivity contribution in [3.63, 3.8) is 0 Å². The van der Waals surface area contributed by atoms with Crippen LogP contribution in [-0.4, -0.2) is 19.6 Å². The summed E-state index contributed by atoms with van der Waals surface area (Å²) in [5.74, 6) is -0.200. The van der Waals surface area contributed by atoms with Crippen molar-refractivity contribution in [2.24, 2.45) is 0 Å². The minimum absolute atomic E-state index is 0.200. The predicted molar refractivity (Wildman–Crippen MR) is 73.6 cm³/mol. The van der Waals surface area contributed by atoms with Gasteiger partial charge in [0.2, 0.25) is 0 Å². The predicted octanol–water partition coefficient (Wildman–Crippen LogP) is 3.07. The molecule has 0 bridgehead atoms. The highest BCUT2D eigenvalue weighted by molar-refractivity contribution is 9.10. The van der Waals surface area contributed by atoms with E-state index in [4.69, 9.17) is 0 Å². The Balaban J connectivity index is 2.16. The van der Waals surface area contributed by atoms with Gasteiger partial charge in [-0.1, -0.05) is 19.1 Å². The second-order valence-corrected chi connectivity index (χ2v) is 4.79. The number of halogens is 2. The topological polar surface area (TPSA) is 24.1 Å². The van der Waals surface area contributed by atoms with Crippen molar-refractivity contribution in [3.05, 3.63) is 34.1 Å². The third-order valence-electron chi connectivity index (χ3n) is 2.48. The largest absolute Gasteiger partial charge is 0.317 e. The average molecular weight is 303 g/mol. The summed E-state index contributed by atoms with van der Waals surface area (Å²) >= 11 is 3.26. The lowest BCUT2D eigenvalue weighted by molar-refractivity contribution is 0.585. The van der Waals surface area contributed by atoms with Gasteiger partial charge >= 0.3 is 0 Å². The van der Waals surface area contributed by atoms with Crippen LogP contribution in [0.3, 0.4) is 0 Å². The molecule has 0 amide bonds. The molecule has 0 aliphatic carbocycles. The first-order chi connectivity index (χ1) is 8.25. The zero-order valence-corrected chi connectivity index (χ0v) is 11.8. The molecule has 1 aromatic carbocycles. The smallest absolute Gasteiger partial charge is 0.137 e. The van der Waals surface area contributed by atoms with Crippen LogP contribution < -0.4 is 10.6 Å². The number of rotatable bonds is 8. The molecule has 0 unspecified atom stereocenters. The lowest BCUT2D eigenvalue weighted by Gasteiger charge is -2.07. The third kappa shape index (κ3) is 5.61. The summed E-state index contributed by atoms with van der Waals surface area (Å²) in [6.45, 7) is 5.92. The van der Waals surface area contributed by atoms with E-state index in [9.17, 15) is 4.39 Å². The van der Waals surface area contributed by atoms with E-state index in [1.54, 1.807) is 6.07 Å². The lowest BCUT2D eigenvalue weighted by Crippen LogP contribution is -2.22. The molecule has 2 nitrogen and oxygen atoms in total. The first-order valence-corrected chi connectivity index (χ1v) is 6.89. The Morgan fingerprint density at radius 1 is 1.18 bits per heavy atom. The summed E-state index contributed by atoms with van der Waals surface area (Å²) < 4.78 is 13.8. The van der Waals surface area contributed by atoms with Crippen molar-refractivity contribution in [1.82, 2.24) is 10.6 Å². The van der Waals surface area contributed by atoms with Gasteiger partial charge in [0.15, 0.2) is 0 Å². The Morgan fingerprint density at radius 2 is 1.94 bits per heavy atom. The van der Waals surface area contributed by atoms with E-state index in [-0.39, 0.29) is 5.82 Å². The summed E-state index contributed by atoms with van der Waals surface area (Å²) in [5.41, 5.74) is 0.964. The Labute approximate surface area is 111 Å². The van der Waals surface area contributed by atoms with Crippen molar-refractivity contribution in [3.8, 4) is 0 Å². The maximum atomic E-state index is 13.2. The van der Waals surface area contributed by atoms with Crippen LogP contribution in [0.4, 0.5) is 4.39 Å². The maximum Gasteiger partial charge on any atom is 0.137 e. The van der Waals surface area contributed by atoms with Crippen LogP contribution in [0.1, 0.15) is 25.3 Å². The van der Waals surface area contributed by atoms with Crippen molar-refractivity contribution >= 4 is 15.9 Å². The van der Waals surface area contributed by atoms with E-state index in [1.165, 1.54) is 12.5 Å². The Hall–Kier alpha value is -0.450. The minimum Gasteiger partial charge on any atom is -0.317 e. The quantitative estimate of drug-likeness (QED) is 0.721. The van der Waals surface area contributed by atoms with E-state index in [1.807, 2.05) is 6.07 Å². The summed E-state index contributed by atoms with van der Waals surface area (Å²) in [5, 5.41) is 6.65. The van der Waals surface area contributed by atoms with Gasteiger partial charge in [0.1, 0.15) is 5.82 Å². The maximum absolute atomic E-state index is 13.2. The molecule has 0 heterocycles. The van der Waals surface area contributed by atoms with Crippen LogP contribution in [-0.2, 0) is 6.54 Å². The summed E-state index contributed by atoms with van der Waals surface area (Å²) in [6, 6.07) is 5.12. The molecular weight excluding hydrogens is 283 g/mol. The second kappa shape index (κ2) is 8.61. The van der Waals surface area contributed by atoms with E-state index in [2.05, 4.69) is 33.5 Å². The summed E-state index contributed by atoms with van der Waals surface area (Å²) in [7, 11) is 0. The van der Waals surface area contributed by atoms with Crippen molar-refractivity contribution in [2.45, 2.75) is 26.3 Å². The number of nitrogens with one attached hydrogen (secondary N) is 2. The zero-order chi connectivity index (χ0) is 12.5. The summed E-state index contributed by atoms with van der Waals surface area (Å²) in [6.07, 6.45) is 2.26. The Kier molecular flexibility index (Phi) is 7.40. The van der Waals surface area contributed by atoms with E-state index in [0.717, 1.165) is 31.6 Å². The van der Waals surface area contributed by atoms with Gasteiger partial charge in [0.05, 0.1) is 4.47 Å². The van der Waals surface area contributed by atoms with Gasteiger partial charge in [-0.05, 0) is 60.0 Å². The number of hydrogen-bond acceptors (Lipinski definition) is 2. The molecule has 0 radical (unpaired) electrons. The number of hydrogen-bond donors (Lipinski definition) is 2. The molecule has 2 N–H and O–H groups in total. The standard InChI is InChI=1S/C13H20BrFN2/c1-2-7-16-8-4-9-17-10-11-5-3-6-12(15)13(11)14/h3,5-6,16-17H,2,4,7-10H2,1H3.